The van der Waals surface area contributed by atoms with Gasteiger partial charge in [-0.25, -0.2) is 0 Å². The van der Waals surface area contributed by atoms with E-state index in [2.05, 4.69) is 5.32 Å². The summed E-state index contributed by atoms with van der Waals surface area (Å²) in [4.78, 5) is 11.5. The standard InChI is InChI=1S/C10H12F3NO2S/c11-10(12,13)8(9(15)16)6-14-4-3-7-2-1-5-17-7/h1-2,5,8,14H,3-4,6H2,(H,15,16). The van der Waals surface area contributed by atoms with Crippen molar-refractivity contribution >= 4 is 17.3 Å². The fourth-order valence-corrected chi connectivity index (χ4v) is 1.96. The van der Waals surface area contributed by atoms with Gasteiger partial charge in [0, 0.05) is 11.4 Å². The van der Waals surface area contributed by atoms with Gasteiger partial charge in [-0.15, -0.1) is 11.3 Å². The van der Waals surface area contributed by atoms with Crippen molar-refractivity contribution in [2.75, 3.05) is 13.1 Å². The van der Waals surface area contributed by atoms with Gasteiger partial charge in [0.2, 0.25) is 0 Å². The molecule has 7 heteroatoms. The number of halogens is 3. The number of aliphatic carboxylic acids is 1. The molecular formula is C10H12F3NO2S. The third-order valence-electron chi connectivity index (χ3n) is 2.17. The first-order chi connectivity index (χ1) is 7.91. The topological polar surface area (TPSA) is 49.3 Å². The van der Waals surface area contributed by atoms with Crippen LogP contribution in [0.3, 0.4) is 0 Å². The monoisotopic (exact) mass is 267 g/mol. The summed E-state index contributed by atoms with van der Waals surface area (Å²) in [5.41, 5.74) is 0. The normalized spacial score (nSPS) is 13.6. The van der Waals surface area contributed by atoms with Crippen LogP contribution in [0.15, 0.2) is 17.5 Å². The van der Waals surface area contributed by atoms with Gasteiger partial charge in [-0.05, 0) is 24.4 Å². The number of carbonyl (C=O) groups is 1. The van der Waals surface area contributed by atoms with E-state index in [1.165, 1.54) is 11.3 Å². The molecule has 2 N–H and O–H groups in total. The van der Waals surface area contributed by atoms with Crippen molar-refractivity contribution in [3.05, 3.63) is 22.4 Å². The number of hydrogen-bond donors (Lipinski definition) is 2. The fourth-order valence-electron chi connectivity index (χ4n) is 1.26. The van der Waals surface area contributed by atoms with Crippen molar-refractivity contribution in [2.45, 2.75) is 12.6 Å². The second-order valence-electron chi connectivity index (χ2n) is 3.47. The van der Waals surface area contributed by atoms with Gasteiger partial charge in [0.15, 0.2) is 5.92 Å². The van der Waals surface area contributed by atoms with Crippen LogP contribution < -0.4 is 5.32 Å². The Kier molecular flexibility index (Phi) is 4.95. The molecule has 1 aromatic rings. The van der Waals surface area contributed by atoms with E-state index in [9.17, 15) is 18.0 Å². The molecule has 3 nitrogen and oxygen atoms in total. The fraction of sp³-hybridized carbons (Fsp3) is 0.500. The zero-order valence-electron chi connectivity index (χ0n) is 8.83. The molecule has 1 rings (SSSR count). The van der Waals surface area contributed by atoms with Gasteiger partial charge < -0.3 is 10.4 Å². The molecule has 0 aromatic carbocycles. The molecule has 0 amide bonds. The predicted molar refractivity (Wildman–Crippen MR) is 58.1 cm³/mol. The Bertz CT molecular complexity index is 351. The maximum absolute atomic E-state index is 12.3. The van der Waals surface area contributed by atoms with E-state index in [4.69, 9.17) is 5.11 Å². The van der Waals surface area contributed by atoms with Gasteiger partial charge in [-0.2, -0.15) is 13.2 Å². The van der Waals surface area contributed by atoms with Crippen LogP contribution in [0, 0.1) is 5.92 Å². The highest BCUT2D eigenvalue weighted by atomic mass is 32.1. The first-order valence-corrected chi connectivity index (χ1v) is 5.82. The van der Waals surface area contributed by atoms with Gasteiger partial charge in [-0.3, -0.25) is 4.79 Å². The van der Waals surface area contributed by atoms with Gasteiger partial charge in [-0.1, -0.05) is 6.07 Å². The van der Waals surface area contributed by atoms with Crippen molar-refractivity contribution in [2.24, 2.45) is 5.92 Å². The van der Waals surface area contributed by atoms with Crippen LogP contribution in [0.1, 0.15) is 4.88 Å². The molecule has 17 heavy (non-hydrogen) atoms. The quantitative estimate of drug-likeness (QED) is 0.776. The van der Waals surface area contributed by atoms with Gasteiger partial charge in [0.25, 0.3) is 0 Å². The van der Waals surface area contributed by atoms with Crippen LogP contribution in [-0.2, 0) is 11.2 Å². The molecule has 0 spiro atoms. The molecule has 0 bridgehead atoms. The first-order valence-electron chi connectivity index (χ1n) is 4.94. The number of rotatable bonds is 6. The molecule has 1 aromatic heterocycles. The summed E-state index contributed by atoms with van der Waals surface area (Å²) in [5, 5.41) is 12.8. The molecule has 0 fully saturated rings. The van der Waals surface area contributed by atoms with E-state index >= 15 is 0 Å². The summed E-state index contributed by atoms with van der Waals surface area (Å²) in [5.74, 6) is -4.19. The highest BCUT2D eigenvalue weighted by Gasteiger charge is 2.44. The van der Waals surface area contributed by atoms with Gasteiger partial charge >= 0.3 is 12.1 Å². The molecule has 0 aliphatic carbocycles. The maximum Gasteiger partial charge on any atom is 0.403 e. The summed E-state index contributed by atoms with van der Waals surface area (Å²) >= 11 is 1.52. The van der Waals surface area contributed by atoms with Crippen molar-refractivity contribution in [1.82, 2.24) is 5.32 Å². The molecule has 96 valence electrons. The second kappa shape index (κ2) is 6.02. The lowest BCUT2D eigenvalue weighted by atomic mass is 10.1. The average molecular weight is 267 g/mol. The minimum Gasteiger partial charge on any atom is -0.481 e. The average Bonchev–Trinajstić information content (AvgIpc) is 2.67. The smallest absolute Gasteiger partial charge is 0.403 e. The molecule has 0 saturated carbocycles. The lowest BCUT2D eigenvalue weighted by Gasteiger charge is -2.16. The molecule has 0 saturated heterocycles. The van der Waals surface area contributed by atoms with Gasteiger partial charge in [0.05, 0.1) is 0 Å². The van der Waals surface area contributed by atoms with Gasteiger partial charge in [0.1, 0.15) is 0 Å². The first kappa shape index (κ1) is 14.0. The largest absolute Gasteiger partial charge is 0.481 e. The number of alkyl halides is 3. The summed E-state index contributed by atoms with van der Waals surface area (Å²) in [6, 6.07) is 3.74. The summed E-state index contributed by atoms with van der Waals surface area (Å²) in [6.07, 6.45) is -4.11. The lowest BCUT2D eigenvalue weighted by Crippen LogP contribution is -2.39. The number of carboxylic acid groups (broad SMARTS) is 1. The number of nitrogens with one attached hydrogen (secondary N) is 1. The van der Waals surface area contributed by atoms with Crippen molar-refractivity contribution in [3.63, 3.8) is 0 Å². The zero-order valence-corrected chi connectivity index (χ0v) is 9.64. The third kappa shape index (κ3) is 4.74. The van der Waals surface area contributed by atoms with Crippen LogP contribution in [-0.4, -0.2) is 30.3 Å². The summed E-state index contributed by atoms with van der Waals surface area (Å²) in [7, 11) is 0. The number of thiophene rings is 1. The highest BCUT2D eigenvalue weighted by Crippen LogP contribution is 2.25. The zero-order chi connectivity index (χ0) is 12.9. The highest BCUT2D eigenvalue weighted by molar-refractivity contribution is 7.09. The van der Waals surface area contributed by atoms with Crippen molar-refractivity contribution in [1.29, 1.82) is 0 Å². The van der Waals surface area contributed by atoms with Crippen LogP contribution in [0.4, 0.5) is 13.2 Å². The molecule has 1 atom stereocenters. The predicted octanol–water partition coefficient (Wildman–Crippen LogP) is 2.14. The van der Waals surface area contributed by atoms with Crippen molar-refractivity contribution < 1.29 is 23.1 Å². The second-order valence-corrected chi connectivity index (χ2v) is 4.50. The van der Waals surface area contributed by atoms with E-state index in [0.29, 0.717) is 13.0 Å². The minimum absolute atomic E-state index is 0.334. The van der Waals surface area contributed by atoms with E-state index in [-0.39, 0.29) is 0 Å². The third-order valence-corrected chi connectivity index (χ3v) is 3.11. The van der Waals surface area contributed by atoms with Crippen LogP contribution in [0.5, 0.6) is 0 Å². The van der Waals surface area contributed by atoms with Crippen LogP contribution >= 0.6 is 11.3 Å². The number of hydrogen-bond acceptors (Lipinski definition) is 3. The Balaban J connectivity index is 2.31. The van der Waals surface area contributed by atoms with E-state index < -0.39 is 24.6 Å². The molecular weight excluding hydrogens is 255 g/mol. The minimum atomic E-state index is -4.71. The maximum atomic E-state index is 12.3. The summed E-state index contributed by atoms with van der Waals surface area (Å²) in [6.45, 7) is -0.259. The molecule has 0 aliphatic rings. The number of carboxylic acids is 1. The Morgan fingerprint density at radius 3 is 2.71 bits per heavy atom. The van der Waals surface area contributed by atoms with E-state index in [0.717, 1.165) is 4.88 Å². The van der Waals surface area contributed by atoms with Crippen molar-refractivity contribution in [3.8, 4) is 0 Å². The van der Waals surface area contributed by atoms with E-state index in [1.807, 2.05) is 17.5 Å². The Morgan fingerprint density at radius 2 is 2.24 bits per heavy atom. The molecule has 0 radical (unpaired) electrons. The Morgan fingerprint density at radius 1 is 1.53 bits per heavy atom. The van der Waals surface area contributed by atoms with Crippen LogP contribution in [0.2, 0.25) is 0 Å². The van der Waals surface area contributed by atoms with E-state index in [1.54, 1.807) is 0 Å². The molecule has 1 heterocycles. The Hall–Kier alpha value is -1.08. The van der Waals surface area contributed by atoms with Crippen LogP contribution in [0.25, 0.3) is 0 Å². The molecule has 1 unspecified atom stereocenters. The Labute approximate surface area is 100 Å². The SMILES string of the molecule is O=C(O)C(CNCCc1cccs1)C(F)(F)F. The molecule has 0 aliphatic heterocycles. The lowest BCUT2D eigenvalue weighted by molar-refractivity contribution is -0.192. The summed E-state index contributed by atoms with van der Waals surface area (Å²) < 4.78 is 36.8.